The summed E-state index contributed by atoms with van der Waals surface area (Å²) in [4.78, 5) is 13.8. The largest absolute Gasteiger partial charge is 0.327 e. The topological polar surface area (TPSA) is 55.1 Å². The Balaban J connectivity index is 1.63. The summed E-state index contributed by atoms with van der Waals surface area (Å²) in [5.74, 6) is 2.46. The van der Waals surface area contributed by atoms with Crippen molar-refractivity contribution >= 4 is 23.4 Å². The lowest BCUT2D eigenvalue weighted by atomic mass is 9.65. The molecule has 0 aliphatic heterocycles. The fraction of sp³-hybridized carbons (Fsp3) is 0.611. The summed E-state index contributed by atoms with van der Waals surface area (Å²) in [6.07, 6.45) is 5.61. The molecule has 3 N–H and O–H groups in total. The minimum absolute atomic E-state index is 0.137. The van der Waals surface area contributed by atoms with Crippen molar-refractivity contribution in [3.8, 4) is 0 Å². The number of fused-ring (bicyclic) bond motifs is 2. The minimum Gasteiger partial charge on any atom is -0.327 e. The van der Waals surface area contributed by atoms with Crippen LogP contribution in [0.1, 0.15) is 39.0 Å². The van der Waals surface area contributed by atoms with Gasteiger partial charge >= 0.3 is 0 Å². The third-order valence-corrected chi connectivity index (χ3v) is 6.07. The summed E-state index contributed by atoms with van der Waals surface area (Å²) in [7, 11) is 0. The van der Waals surface area contributed by atoms with Gasteiger partial charge in [0.25, 0.3) is 0 Å². The first-order valence-corrected chi connectivity index (χ1v) is 9.45. The number of anilines is 1. The van der Waals surface area contributed by atoms with Crippen molar-refractivity contribution in [2.45, 2.75) is 50.0 Å². The van der Waals surface area contributed by atoms with Crippen LogP contribution >= 0.6 is 11.8 Å². The zero-order valence-electron chi connectivity index (χ0n) is 13.3. The Morgan fingerprint density at radius 1 is 1.32 bits per heavy atom. The molecule has 4 heteroatoms. The molecular formula is C18H26N2OS. The van der Waals surface area contributed by atoms with E-state index in [0.717, 1.165) is 24.3 Å². The molecule has 1 aromatic rings. The zero-order valence-corrected chi connectivity index (χ0v) is 14.1. The van der Waals surface area contributed by atoms with E-state index >= 15 is 0 Å². The monoisotopic (exact) mass is 318 g/mol. The zero-order chi connectivity index (χ0) is 15.5. The second kappa shape index (κ2) is 7.05. The van der Waals surface area contributed by atoms with Gasteiger partial charge in [0.05, 0.1) is 0 Å². The van der Waals surface area contributed by atoms with E-state index in [0.29, 0.717) is 17.9 Å². The van der Waals surface area contributed by atoms with Crippen LogP contribution in [0.5, 0.6) is 0 Å². The number of carbonyl (C=O) groups is 1. The Bertz CT molecular complexity index is 520. The van der Waals surface area contributed by atoms with Gasteiger partial charge in [0.1, 0.15) is 0 Å². The molecular weight excluding hydrogens is 292 g/mol. The van der Waals surface area contributed by atoms with E-state index in [2.05, 4.69) is 24.4 Å². The van der Waals surface area contributed by atoms with Crippen LogP contribution in [0.4, 0.5) is 5.69 Å². The molecule has 3 rings (SSSR count). The lowest BCUT2D eigenvalue weighted by Gasteiger charge is -2.43. The highest BCUT2D eigenvalue weighted by Gasteiger charge is 2.40. The molecule has 2 aliphatic carbocycles. The molecule has 1 amide bonds. The van der Waals surface area contributed by atoms with Crippen molar-refractivity contribution in [3.05, 3.63) is 24.3 Å². The first-order chi connectivity index (χ1) is 10.7. The van der Waals surface area contributed by atoms with Gasteiger partial charge in [-0.2, -0.15) is 0 Å². The number of amides is 1. The van der Waals surface area contributed by atoms with Gasteiger partial charge in [0.15, 0.2) is 0 Å². The standard InChI is InChI=1S/C18H26N2OS/c1-2-22-16-8-4-7-15(11-16)20-18(21)14-9-12-5-3-6-13(10-14)17(12)19/h4,7-8,11-14,17H,2-3,5-6,9-10,19H2,1H3,(H,20,21). The highest BCUT2D eigenvalue weighted by Crippen LogP contribution is 2.42. The number of hydrogen-bond donors (Lipinski definition) is 2. The Morgan fingerprint density at radius 3 is 2.73 bits per heavy atom. The van der Waals surface area contributed by atoms with Gasteiger partial charge in [-0.3, -0.25) is 4.79 Å². The Hall–Kier alpha value is -1.00. The van der Waals surface area contributed by atoms with E-state index in [1.54, 1.807) is 11.8 Å². The summed E-state index contributed by atoms with van der Waals surface area (Å²) in [5.41, 5.74) is 7.24. The Morgan fingerprint density at radius 2 is 2.05 bits per heavy atom. The molecule has 2 atom stereocenters. The van der Waals surface area contributed by atoms with E-state index < -0.39 is 0 Å². The van der Waals surface area contributed by atoms with Crippen LogP contribution in [0.15, 0.2) is 29.2 Å². The van der Waals surface area contributed by atoms with Crippen LogP contribution in [-0.2, 0) is 4.79 Å². The summed E-state index contributed by atoms with van der Waals surface area (Å²) >= 11 is 1.80. The summed E-state index contributed by atoms with van der Waals surface area (Å²) in [6, 6.07) is 8.48. The number of hydrogen-bond acceptors (Lipinski definition) is 3. The van der Waals surface area contributed by atoms with Gasteiger partial charge in [0.2, 0.25) is 5.91 Å². The van der Waals surface area contributed by atoms with Crippen molar-refractivity contribution in [2.75, 3.05) is 11.1 Å². The fourth-order valence-electron chi connectivity index (χ4n) is 4.08. The third-order valence-electron chi connectivity index (χ3n) is 5.20. The first kappa shape index (κ1) is 15.9. The van der Waals surface area contributed by atoms with Crippen molar-refractivity contribution < 1.29 is 4.79 Å². The van der Waals surface area contributed by atoms with Crippen LogP contribution in [0.2, 0.25) is 0 Å². The molecule has 2 bridgehead atoms. The van der Waals surface area contributed by atoms with Gasteiger partial charge in [-0.15, -0.1) is 11.8 Å². The van der Waals surface area contributed by atoms with E-state index in [-0.39, 0.29) is 11.8 Å². The maximum Gasteiger partial charge on any atom is 0.227 e. The van der Waals surface area contributed by atoms with Gasteiger partial charge in [0, 0.05) is 22.5 Å². The second-order valence-electron chi connectivity index (χ2n) is 6.65. The number of carbonyl (C=O) groups excluding carboxylic acids is 1. The molecule has 2 unspecified atom stereocenters. The molecule has 3 nitrogen and oxygen atoms in total. The molecule has 2 fully saturated rings. The van der Waals surface area contributed by atoms with Crippen LogP contribution in [0, 0.1) is 17.8 Å². The summed E-state index contributed by atoms with van der Waals surface area (Å²) < 4.78 is 0. The molecule has 120 valence electrons. The molecule has 0 aromatic heterocycles. The third kappa shape index (κ3) is 3.49. The molecule has 1 aromatic carbocycles. The number of nitrogens with one attached hydrogen (secondary N) is 1. The minimum atomic E-state index is 0.137. The predicted molar refractivity (Wildman–Crippen MR) is 93.0 cm³/mol. The number of rotatable bonds is 4. The molecule has 2 saturated carbocycles. The highest BCUT2D eigenvalue weighted by atomic mass is 32.2. The lowest BCUT2D eigenvalue weighted by Crippen LogP contribution is -2.48. The Labute approximate surface area is 137 Å². The first-order valence-electron chi connectivity index (χ1n) is 8.46. The lowest BCUT2D eigenvalue weighted by molar-refractivity contribution is -0.122. The second-order valence-corrected chi connectivity index (χ2v) is 7.98. The molecule has 0 saturated heterocycles. The quantitative estimate of drug-likeness (QED) is 0.828. The van der Waals surface area contributed by atoms with Gasteiger partial charge in [-0.25, -0.2) is 0 Å². The van der Waals surface area contributed by atoms with Crippen LogP contribution < -0.4 is 11.1 Å². The van der Waals surface area contributed by atoms with Crippen molar-refractivity contribution in [1.82, 2.24) is 0 Å². The van der Waals surface area contributed by atoms with Crippen molar-refractivity contribution in [3.63, 3.8) is 0 Å². The van der Waals surface area contributed by atoms with E-state index in [1.165, 1.54) is 24.2 Å². The average Bonchev–Trinajstić information content (AvgIpc) is 2.47. The predicted octanol–water partition coefficient (Wildman–Crippen LogP) is 3.89. The maximum atomic E-state index is 12.6. The molecule has 0 heterocycles. The SMILES string of the molecule is CCSc1cccc(NC(=O)C2CC3CCCC(C2)C3N)c1. The van der Waals surface area contributed by atoms with Gasteiger partial charge in [-0.05, 0) is 61.5 Å². The Kier molecular flexibility index (Phi) is 5.09. The fourth-order valence-corrected chi connectivity index (χ4v) is 4.80. The van der Waals surface area contributed by atoms with Gasteiger partial charge in [-0.1, -0.05) is 19.4 Å². The average molecular weight is 318 g/mol. The van der Waals surface area contributed by atoms with Crippen molar-refractivity contribution in [1.29, 1.82) is 0 Å². The summed E-state index contributed by atoms with van der Waals surface area (Å²) in [6.45, 7) is 2.14. The van der Waals surface area contributed by atoms with Crippen LogP contribution in [0.3, 0.4) is 0 Å². The molecule has 2 aliphatic rings. The van der Waals surface area contributed by atoms with E-state index in [1.807, 2.05) is 12.1 Å². The van der Waals surface area contributed by atoms with Crippen LogP contribution in [-0.4, -0.2) is 17.7 Å². The number of nitrogens with two attached hydrogens (primary N) is 1. The van der Waals surface area contributed by atoms with E-state index in [9.17, 15) is 4.79 Å². The summed E-state index contributed by atoms with van der Waals surface area (Å²) in [5, 5.41) is 3.12. The van der Waals surface area contributed by atoms with Crippen molar-refractivity contribution in [2.24, 2.45) is 23.5 Å². The molecule has 0 spiro atoms. The van der Waals surface area contributed by atoms with Gasteiger partial charge < -0.3 is 11.1 Å². The highest BCUT2D eigenvalue weighted by molar-refractivity contribution is 7.99. The number of benzene rings is 1. The molecule has 0 radical (unpaired) electrons. The number of thioether (sulfide) groups is 1. The molecule has 22 heavy (non-hydrogen) atoms. The normalized spacial score (nSPS) is 30.8. The smallest absolute Gasteiger partial charge is 0.227 e. The maximum absolute atomic E-state index is 12.6. The van der Waals surface area contributed by atoms with Crippen LogP contribution in [0.25, 0.3) is 0 Å². The van der Waals surface area contributed by atoms with E-state index in [4.69, 9.17) is 5.73 Å².